The van der Waals surface area contributed by atoms with E-state index in [4.69, 9.17) is 0 Å². The fourth-order valence-corrected chi connectivity index (χ4v) is 5.55. The van der Waals surface area contributed by atoms with Gasteiger partial charge in [0.25, 0.3) is 0 Å². The van der Waals surface area contributed by atoms with Gasteiger partial charge < -0.3 is 0 Å². The van der Waals surface area contributed by atoms with Crippen molar-refractivity contribution in [2.24, 2.45) is 11.8 Å². The monoisotopic (exact) mass is 266 g/mol. The highest BCUT2D eigenvalue weighted by Gasteiger charge is 2.38. The first kappa shape index (κ1) is 9.97. The second-order valence-corrected chi connectivity index (χ2v) is 7.68. The van der Waals surface area contributed by atoms with E-state index in [1.165, 1.54) is 19.3 Å². The van der Waals surface area contributed by atoms with Gasteiger partial charge in [0, 0.05) is 4.83 Å². The molecule has 76 valence electrons. The van der Waals surface area contributed by atoms with Crippen LogP contribution in [0.1, 0.15) is 25.7 Å². The number of halogens is 1. The average molecular weight is 267 g/mol. The Kier molecular flexibility index (Phi) is 2.71. The molecule has 2 aliphatic rings. The summed E-state index contributed by atoms with van der Waals surface area (Å²) in [5, 5.41) is 0. The molecular weight excluding hydrogens is 252 g/mol. The van der Waals surface area contributed by atoms with Crippen LogP contribution in [0.4, 0.5) is 0 Å². The summed E-state index contributed by atoms with van der Waals surface area (Å²) in [7, 11) is -2.68. The van der Waals surface area contributed by atoms with Crippen LogP contribution >= 0.6 is 15.9 Å². The van der Waals surface area contributed by atoms with E-state index >= 15 is 0 Å². The van der Waals surface area contributed by atoms with Crippen LogP contribution < -0.4 is 0 Å². The molecule has 0 bridgehead atoms. The first-order valence-electron chi connectivity index (χ1n) is 4.93. The minimum absolute atomic E-state index is 0.424. The summed E-state index contributed by atoms with van der Waals surface area (Å²) >= 11 is 3.66. The summed E-state index contributed by atoms with van der Waals surface area (Å²) in [5.41, 5.74) is 0. The Morgan fingerprint density at radius 2 is 1.92 bits per heavy atom. The first-order chi connectivity index (χ1) is 6.08. The highest BCUT2D eigenvalue weighted by atomic mass is 79.9. The van der Waals surface area contributed by atoms with Gasteiger partial charge in [0.15, 0.2) is 9.84 Å². The van der Waals surface area contributed by atoms with E-state index in [9.17, 15) is 8.42 Å². The van der Waals surface area contributed by atoms with Crippen molar-refractivity contribution in [2.75, 3.05) is 11.5 Å². The number of sulfone groups is 1. The summed E-state index contributed by atoms with van der Waals surface area (Å²) < 4.78 is 22.6. The molecule has 4 heteroatoms. The highest BCUT2D eigenvalue weighted by molar-refractivity contribution is 9.09. The van der Waals surface area contributed by atoms with Crippen LogP contribution in [-0.4, -0.2) is 24.8 Å². The Balaban J connectivity index is 2.03. The van der Waals surface area contributed by atoms with Gasteiger partial charge >= 0.3 is 0 Å². The van der Waals surface area contributed by atoms with Crippen LogP contribution in [0.2, 0.25) is 0 Å². The van der Waals surface area contributed by atoms with E-state index in [1.807, 2.05) is 0 Å². The number of hydrogen-bond donors (Lipinski definition) is 0. The Labute approximate surface area is 88.1 Å². The highest BCUT2D eigenvalue weighted by Crippen LogP contribution is 2.40. The lowest BCUT2D eigenvalue weighted by Gasteiger charge is -2.19. The largest absolute Gasteiger partial charge is 0.229 e. The van der Waals surface area contributed by atoms with Gasteiger partial charge in [-0.1, -0.05) is 22.4 Å². The van der Waals surface area contributed by atoms with Crippen molar-refractivity contribution >= 4 is 25.8 Å². The van der Waals surface area contributed by atoms with Crippen LogP contribution in [0.15, 0.2) is 0 Å². The number of hydrogen-bond acceptors (Lipinski definition) is 2. The molecule has 0 aromatic carbocycles. The second-order valence-electron chi connectivity index (χ2n) is 4.27. The molecule has 13 heavy (non-hydrogen) atoms. The zero-order valence-electron chi connectivity index (χ0n) is 7.58. The van der Waals surface area contributed by atoms with Crippen molar-refractivity contribution < 1.29 is 8.42 Å². The fraction of sp³-hybridized carbons (Fsp3) is 1.00. The van der Waals surface area contributed by atoms with Crippen LogP contribution in [-0.2, 0) is 9.84 Å². The predicted molar refractivity (Wildman–Crippen MR) is 56.8 cm³/mol. The Morgan fingerprint density at radius 1 is 1.15 bits per heavy atom. The smallest absolute Gasteiger partial charge is 0.150 e. The molecule has 0 amide bonds. The van der Waals surface area contributed by atoms with Gasteiger partial charge in [-0.05, 0) is 31.1 Å². The van der Waals surface area contributed by atoms with Crippen LogP contribution in [0, 0.1) is 11.8 Å². The van der Waals surface area contributed by atoms with E-state index in [1.54, 1.807) is 0 Å². The standard InChI is InChI=1S/C9H15BrO2S/c10-9-3-1-2-8(9)7-4-5-13(11,12)6-7/h7-9H,1-6H2. The number of rotatable bonds is 1. The zero-order chi connectivity index (χ0) is 9.47. The Bertz CT molecular complexity index is 286. The maximum atomic E-state index is 11.3. The molecule has 1 saturated heterocycles. The molecule has 0 spiro atoms. The fourth-order valence-electron chi connectivity index (χ4n) is 2.64. The quantitative estimate of drug-likeness (QED) is 0.681. The van der Waals surface area contributed by atoms with Gasteiger partial charge in [-0.15, -0.1) is 0 Å². The maximum Gasteiger partial charge on any atom is 0.150 e. The summed E-state index contributed by atoms with van der Waals surface area (Å²) in [6.07, 6.45) is 4.60. The van der Waals surface area contributed by atoms with Crippen molar-refractivity contribution in [3.05, 3.63) is 0 Å². The molecule has 1 saturated carbocycles. The maximum absolute atomic E-state index is 11.3. The van der Waals surface area contributed by atoms with Crippen molar-refractivity contribution in [1.29, 1.82) is 0 Å². The van der Waals surface area contributed by atoms with Gasteiger partial charge in [-0.2, -0.15) is 0 Å². The molecule has 0 aromatic heterocycles. The molecule has 1 aliphatic heterocycles. The first-order valence-corrected chi connectivity index (χ1v) is 7.67. The van der Waals surface area contributed by atoms with E-state index in [-0.39, 0.29) is 0 Å². The third-order valence-electron chi connectivity index (χ3n) is 3.36. The SMILES string of the molecule is O=S1(=O)CCC(C2CCCC2Br)C1. The van der Waals surface area contributed by atoms with E-state index in [0.717, 1.165) is 6.42 Å². The predicted octanol–water partition coefficient (Wildman–Crippen LogP) is 1.98. The lowest BCUT2D eigenvalue weighted by Crippen LogP contribution is -2.19. The Hall–Kier alpha value is 0.430. The van der Waals surface area contributed by atoms with Crippen molar-refractivity contribution in [3.8, 4) is 0 Å². The lowest BCUT2D eigenvalue weighted by molar-refractivity contribution is 0.384. The van der Waals surface area contributed by atoms with E-state index in [0.29, 0.717) is 28.2 Å². The molecular formula is C9H15BrO2S. The third-order valence-corrected chi connectivity index (χ3v) is 6.29. The topological polar surface area (TPSA) is 34.1 Å². The van der Waals surface area contributed by atoms with Crippen molar-refractivity contribution in [2.45, 2.75) is 30.5 Å². The van der Waals surface area contributed by atoms with Crippen LogP contribution in [0.25, 0.3) is 0 Å². The van der Waals surface area contributed by atoms with E-state index < -0.39 is 9.84 Å². The van der Waals surface area contributed by atoms with Crippen LogP contribution in [0.5, 0.6) is 0 Å². The molecule has 2 rings (SSSR count). The van der Waals surface area contributed by atoms with E-state index in [2.05, 4.69) is 15.9 Å². The van der Waals surface area contributed by atoms with Gasteiger partial charge in [-0.25, -0.2) is 8.42 Å². The van der Waals surface area contributed by atoms with Gasteiger partial charge in [0.2, 0.25) is 0 Å². The molecule has 0 aromatic rings. The van der Waals surface area contributed by atoms with Gasteiger partial charge in [0.05, 0.1) is 11.5 Å². The minimum Gasteiger partial charge on any atom is -0.229 e. The second kappa shape index (κ2) is 3.54. The van der Waals surface area contributed by atoms with Gasteiger partial charge in [-0.3, -0.25) is 0 Å². The molecule has 0 N–H and O–H groups in total. The molecule has 2 nitrogen and oxygen atoms in total. The average Bonchev–Trinajstić information content (AvgIpc) is 2.56. The molecule has 1 aliphatic carbocycles. The molecule has 2 fully saturated rings. The molecule has 1 heterocycles. The summed E-state index contributed by atoms with van der Waals surface area (Å²) in [5.74, 6) is 1.93. The normalized spacial score (nSPS) is 43.9. The summed E-state index contributed by atoms with van der Waals surface area (Å²) in [4.78, 5) is 0.575. The molecule has 3 unspecified atom stereocenters. The zero-order valence-corrected chi connectivity index (χ0v) is 9.98. The minimum atomic E-state index is -2.68. The molecule has 3 atom stereocenters. The molecule has 0 radical (unpaired) electrons. The van der Waals surface area contributed by atoms with Crippen LogP contribution in [0.3, 0.4) is 0 Å². The van der Waals surface area contributed by atoms with Crippen molar-refractivity contribution in [1.82, 2.24) is 0 Å². The Morgan fingerprint density at radius 3 is 2.38 bits per heavy atom. The lowest BCUT2D eigenvalue weighted by atomic mass is 9.91. The van der Waals surface area contributed by atoms with Gasteiger partial charge in [0.1, 0.15) is 0 Å². The third kappa shape index (κ3) is 2.09. The summed E-state index contributed by atoms with van der Waals surface area (Å²) in [6, 6.07) is 0. The van der Waals surface area contributed by atoms with Crippen molar-refractivity contribution in [3.63, 3.8) is 0 Å². The number of alkyl halides is 1. The summed E-state index contributed by atoms with van der Waals surface area (Å²) in [6.45, 7) is 0.